The number of aryl methyl sites for hydroxylation is 3. The van der Waals surface area contributed by atoms with E-state index >= 15 is 0 Å². The summed E-state index contributed by atoms with van der Waals surface area (Å²) in [7, 11) is -3.69. The number of rotatable bonds is 6. The molecule has 0 saturated carbocycles. The van der Waals surface area contributed by atoms with Gasteiger partial charge in [0.2, 0.25) is 0 Å². The van der Waals surface area contributed by atoms with Crippen LogP contribution in [-0.2, 0) is 10.0 Å². The van der Waals surface area contributed by atoms with Gasteiger partial charge in [-0.15, -0.1) is 0 Å². The highest BCUT2D eigenvalue weighted by atomic mass is 32.2. The van der Waals surface area contributed by atoms with E-state index in [-0.39, 0.29) is 16.8 Å². The molecule has 0 unspecified atom stereocenters. The van der Waals surface area contributed by atoms with Crippen LogP contribution in [0.5, 0.6) is 0 Å². The summed E-state index contributed by atoms with van der Waals surface area (Å²) in [6.07, 6.45) is 0. The molecule has 3 aromatic rings. The summed E-state index contributed by atoms with van der Waals surface area (Å²) < 4.78 is 27.8. The minimum atomic E-state index is -3.69. The standard InChI is InChI=1S/C24H26N2O3S/c1-16-5-9-20(10-6-16)19(4)25-24(27)21-11-14-23(18(3)15-21)26-30(28,29)22-12-7-17(2)8-13-22/h5-15,19,26H,1-4H3,(H,25,27)/t19-/m1/s1. The van der Waals surface area contributed by atoms with E-state index in [2.05, 4.69) is 10.0 Å². The van der Waals surface area contributed by atoms with Gasteiger partial charge in [0.1, 0.15) is 0 Å². The number of carbonyl (C=O) groups is 1. The van der Waals surface area contributed by atoms with Gasteiger partial charge in [0.05, 0.1) is 16.6 Å². The lowest BCUT2D eigenvalue weighted by atomic mass is 10.1. The SMILES string of the molecule is Cc1ccc([C@@H](C)NC(=O)c2ccc(NS(=O)(=O)c3ccc(C)cc3)c(C)c2)cc1. The second-order valence-electron chi connectivity index (χ2n) is 7.55. The maximum atomic E-state index is 12.6. The van der Waals surface area contributed by atoms with Gasteiger partial charge in [-0.1, -0.05) is 47.5 Å². The van der Waals surface area contributed by atoms with Crippen molar-refractivity contribution in [1.29, 1.82) is 0 Å². The zero-order valence-electron chi connectivity index (χ0n) is 17.6. The van der Waals surface area contributed by atoms with Gasteiger partial charge in [-0.25, -0.2) is 8.42 Å². The monoisotopic (exact) mass is 422 g/mol. The quantitative estimate of drug-likeness (QED) is 0.593. The average molecular weight is 423 g/mol. The Morgan fingerprint density at radius 1 is 0.833 bits per heavy atom. The Balaban J connectivity index is 1.73. The van der Waals surface area contributed by atoms with Crippen LogP contribution in [-0.4, -0.2) is 14.3 Å². The number of hydrogen-bond donors (Lipinski definition) is 2. The summed E-state index contributed by atoms with van der Waals surface area (Å²) in [5.74, 6) is -0.209. The molecule has 0 fully saturated rings. The fourth-order valence-electron chi connectivity index (χ4n) is 3.06. The molecule has 0 heterocycles. The van der Waals surface area contributed by atoms with Gasteiger partial charge < -0.3 is 5.32 Å². The summed E-state index contributed by atoms with van der Waals surface area (Å²) in [4.78, 5) is 12.8. The molecule has 0 aliphatic carbocycles. The van der Waals surface area contributed by atoms with Crippen molar-refractivity contribution in [2.75, 3.05) is 4.72 Å². The van der Waals surface area contributed by atoms with Crippen LogP contribution in [0, 0.1) is 20.8 Å². The Morgan fingerprint density at radius 3 is 1.97 bits per heavy atom. The molecular weight excluding hydrogens is 396 g/mol. The second kappa shape index (κ2) is 8.71. The predicted molar refractivity (Wildman–Crippen MR) is 120 cm³/mol. The molecule has 0 radical (unpaired) electrons. The highest BCUT2D eigenvalue weighted by molar-refractivity contribution is 7.92. The number of sulfonamides is 1. The van der Waals surface area contributed by atoms with E-state index in [0.717, 1.165) is 16.7 Å². The smallest absolute Gasteiger partial charge is 0.261 e. The van der Waals surface area contributed by atoms with Crippen molar-refractivity contribution >= 4 is 21.6 Å². The molecule has 0 bridgehead atoms. The first kappa shape index (κ1) is 21.6. The van der Waals surface area contributed by atoms with E-state index in [1.807, 2.05) is 45.0 Å². The maximum absolute atomic E-state index is 12.6. The van der Waals surface area contributed by atoms with E-state index in [9.17, 15) is 13.2 Å². The van der Waals surface area contributed by atoms with Crippen LogP contribution in [0.15, 0.2) is 71.6 Å². The Morgan fingerprint density at radius 2 is 1.40 bits per heavy atom. The molecule has 0 saturated heterocycles. The third-order valence-electron chi connectivity index (χ3n) is 4.99. The third-order valence-corrected chi connectivity index (χ3v) is 6.37. The van der Waals surface area contributed by atoms with E-state index in [1.165, 1.54) is 0 Å². The van der Waals surface area contributed by atoms with Gasteiger partial charge >= 0.3 is 0 Å². The fourth-order valence-corrected chi connectivity index (χ4v) is 4.19. The number of carbonyl (C=O) groups excluding carboxylic acids is 1. The molecule has 5 nitrogen and oxygen atoms in total. The Kier molecular flexibility index (Phi) is 6.27. The zero-order valence-corrected chi connectivity index (χ0v) is 18.4. The van der Waals surface area contributed by atoms with E-state index in [0.29, 0.717) is 16.8 Å². The van der Waals surface area contributed by atoms with Gasteiger partial charge in [-0.05, 0) is 69.2 Å². The Hall–Kier alpha value is -3.12. The average Bonchev–Trinajstić information content (AvgIpc) is 2.70. The maximum Gasteiger partial charge on any atom is 0.261 e. The molecule has 6 heteroatoms. The summed E-state index contributed by atoms with van der Waals surface area (Å²) in [5, 5.41) is 2.98. The molecule has 0 aromatic heterocycles. The first-order chi connectivity index (χ1) is 14.2. The minimum absolute atomic E-state index is 0.141. The van der Waals surface area contributed by atoms with Crippen molar-refractivity contribution < 1.29 is 13.2 Å². The number of anilines is 1. The van der Waals surface area contributed by atoms with Crippen molar-refractivity contribution in [1.82, 2.24) is 5.32 Å². The van der Waals surface area contributed by atoms with Crippen LogP contribution >= 0.6 is 0 Å². The van der Waals surface area contributed by atoms with Crippen LogP contribution in [0.25, 0.3) is 0 Å². The molecule has 1 atom stereocenters. The second-order valence-corrected chi connectivity index (χ2v) is 9.24. The molecule has 0 spiro atoms. The van der Waals surface area contributed by atoms with Crippen molar-refractivity contribution in [3.05, 3.63) is 94.5 Å². The lowest BCUT2D eigenvalue weighted by Gasteiger charge is -2.16. The number of nitrogens with one attached hydrogen (secondary N) is 2. The molecule has 1 amide bonds. The third kappa shape index (κ3) is 5.07. The van der Waals surface area contributed by atoms with Gasteiger partial charge in [0.25, 0.3) is 15.9 Å². The Bertz CT molecular complexity index is 1150. The fraction of sp³-hybridized carbons (Fsp3) is 0.208. The van der Waals surface area contributed by atoms with Crippen LogP contribution in [0.4, 0.5) is 5.69 Å². The van der Waals surface area contributed by atoms with Crippen molar-refractivity contribution in [3.8, 4) is 0 Å². The summed E-state index contributed by atoms with van der Waals surface area (Å²) >= 11 is 0. The van der Waals surface area contributed by atoms with Crippen molar-refractivity contribution in [2.24, 2.45) is 0 Å². The molecule has 3 rings (SSSR count). The van der Waals surface area contributed by atoms with Gasteiger partial charge in [-0.3, -0.25) is 9.52 Å². The molecule has 0 aliphatic rings. The van der Waals surface area contributed by atoms with Crippen LogP contribution < -0.4 is 10.0 Å². The minimum Gasteiger partial charge on any atom is -0.346 e. The van der Waals surface area contributed by atoms with Gasteiger partial charge in [-0.2, -0.15) is 0 Å². The molecule has 156 valence electrons. The molecule has 0 aliphatic heterocycles. The molecule has 30 heavy (non-hydrogen) atoms. The number of hydrogen-bond acceptors (Lipinski definition) is 3. The predicted octanol–water partition coefficient (Wildman–Crippen LogP) is 4.90. The number of amides is 1. The molecular formula is C24H26N2O3S. The lowest BCUT2D eigenvalue weighted by molar-refractivity contribution is 0.0940. The van der Waals surface area contributed by atoms with Crippen LogP contribution in [0.2, 0.25) is 0 Å². The van der Waals surface area contributed by atoms with Crippen molar-refractivity contribution in [2.45, 2.75) is 38.6 Å². The normalized spacial score (nSPS) is 12.3. The molecule has 2 N–H and O–H groups in total. The zero-order chi connectivity index (χ0) is 21.9. The lowest BCUT2D eigenvalue weighted by Crippen LogP contribution is -2.26. The van der Waals surface area contributed by atoms with Gasteiger partial charge in [0, 0.05) is 5.56 Å². The molecule has 3 aromatic carbocycles. The van der Waals surface area contributed by atoms with Crippen LogP contribution in [0.3, 0.4) is 0 Å². The highest BCUT2D eigenvalue weighted by Gasteiger charge is 2.17. The van der Waals surface area contributed by atoms with Crippen molar-refractivity contribution in [3.63, 3.8) is 0 Å². The summed E-state index contributed by atoms with van der Waals surface area (Å²) in [6, 6.07) is 19.4. The van der Waals surface area contributed by atoms with E-state index in [1.54, 1.807) is 49.4 Å². The topological polar surface area (TPSA) is 75.3 Å². The largest absolute Gasteiger partial charge is 0.346 e. The van der Waals surface area contributed by atoms with Gasteiger partial charge in [0.15, 0.2) is 0 Å². The van der Waals surface area contributed by atoms with E-state index < -0.39 is 10.0 Å². The Labute approximate surface area is 178 Å². The summed E-state index contributed by atoms with van der Waals surface area (Å²) in [6.45, 7) is 7.62. The highest BCUT2D eigenvalue weighted by Crippen LogP contribution is 2.22. The number of benzene rings is 3. The van der Waals surface area contributed by atoms with Crippen LogP contribution in [0.1, 0.15) is 45.6 Å². The summed E-state index contributed by atoms with van der Waals surface area (Å²) in [5.41, 5.74) is 4.76. The first-order valence-electron chi connectivity index (χ1n) is 9.73. The first-order valence-corrected chi connectivity index (χ1v) is 11.2. The van der Waals surface area contributed by atoms with E-state index in [4.69, 9.17) is 0 Å².